The van der Waals surface area contributed by atoms with Gasteiger partial charge in [-0.15, -0.1) is 11.3 Å². The Bertz CT molecular complexity index is 1090. The second kappa shape index (κ2) is 8.83. The van der Waals surface area contributed by atoms with E-state index in [2.05, 4.69) is 31.3 Å². The lowest BCUT2D eigenvalue weighted by atomic mass is 9.90. The Morgan fingerprint density at radius 2 is 1.84 bits per heavy atom. The van der Waals surface area contributed by atoms with Gasteiger partial charge in [0.05, 0.1) is 4.88 Å². The lowest BCUT2D eigenvalue weighted by Gasteiger charge is -2.39. The molecule has 0 aliphatic carbocycles. The molecule has 5 heteroatoms. The molecular formula is C26H30N2O2S. The molecule has 1 aromatic heterocycles. The lowest BCUT2D eigenvalue weighted by molar-refractivity contribution is -0.132. The summed E-state index contributed by atoms with van der Waals surface area (Å²) in [6, 6.07) is 18.1. The van der Waals surface area contributed by atoms with Crippen LogP contribution in [0.25, 0.3) is 10.1 Å². The molecular weight excluding hydrogens is 404 g/mol. The van der Waals surface area contributed by atoms with Gasteiger partial charge in [0.25, 0.3) is 5.91 Å². The van der Waals surface area contributed by atoms with Crippen molar-refractivity contribution in [1.29, 1.82) is 0 Å². The maximum Gasteiger partial charge on any atom is 0.265 e. The molecule has 1 atom stereocenters. The normalized spacial score (nSPS) is 18.8. The molecule has 1 aliphatic heterocycles. The quantitative estimate of drug-likeness (QED) is 0.564. The van der Waals surface area contributed by atoms with Crippen LogP contribution in [-0.2, 0) is 17.8 Å². The predicted octanol–water partition coefficient (Wildman–Crippen LogP) is 5.41. The molecule has 0 saturated carbocycles. The molecule has 0 fully saturated rings. The topological polar surface area (TPSA) is 49.4 Å². The van der Waals surface area contributed by atoms with E-state index in [0.717, 1.165) is 32.5 Å². The van der Waals surface area contributed by atoms with Crippen molar-refractivity contribution in [2.45, 2.75) is 52.1 Å². The molecule has 1 unspecified atom stereocenters. The number of carbonyl (C=O) groups is 2. The Hall–Kier alpha value is -2.66. The largest absolute Gasteiger partial charge is 0.354 e. The summed E-state index contributed by atoms with van der Waals surface area (Å²) in [5.74, 6) is 0.415. The molecule has 3 aromatic rings. The fourth-order valence-corrected chi connectivity index (χ4v) is 5.48. The summed E-state index contributed by atoms with van der Waals surface area (Å²) in [5, 5.41) is 4.25. The molecule has 0 spiro atoms. The van der Waals surface area contributed by atoms with Crippen molar-refractivity contribution in [3.63, 3.8) is 0 Å². The van der Waals surface area contributed by atoms with Gasteiger partial charge in [-0.2, -0.15) is 0 Å². The van der Waals surface area contributed by atoms with Crippen molar-refractivity contribution in [2.24, 2.45) is 5.92 Å². The van der Waals surface area contributed by atoms with Crippen molar-refractivity contribution in [2.75, 3.05) is 6.54 Å². The minimum absolute atomic E-state index is 0.0425. The number of rotatable bonds is 6. The van der Waals surface area contributed by atoms with Crippen LogP contribution in [-0.4, -0.2) is 28.8 Å². The van der Waals surface area contributed by atoms with Crippen LogP contribution in [0.2, 0.25) is 0 Å². The molecule has 2 aromatic carbocycles. The van der Waals surface area contributed by atoms with Crippen LogP contribution in [0.1, 0.15) is 54.4 Å². The molecule has 4 nitrogen and oxygen atoms in total. The highest BCUT2D eigenvalue weighted by Crippen LogP contribution is 2.39. The summed E-state index contributed by atoms with van der Waals surface area (Å²) in [4.78, 5) is 29.9. The molecule has 0 radical (unpaired) electrons. The van der Waals surface area contributed by atoms with Crippen LogP contribution in [0, 0.1) is 5.92 Å². The van der Waals surface area contributed by atoms with Gasteiger partial charge in [0.2, 0.25) is 5.91 Å². The number of thiophene rings is 1. The van der Waals surface area contributed by atoms with E-state index in [9.17, 15) is 9.59 Å². The number of nitrogens with zero attached hydrogens (tertiary/aromatic N) is 1. The highest BCUT2D eigenvalue weighted by molar-refractivity contribution is 7.21. The molecule has 1 aliphatic rings. The lowest BCUT2D eigenvalue weighted by Crippen LogP contribution is -2.58. The van der Waals surface area contributed by atoms with Gasteiger partial charge in [-0.3, -0.25) is 9.59 Å². The van der Waals surface area contributed by atoms with Gasteiger partial charge in [-0.25, -0.2) is 0 Å². The maximum absolute atomic E-state index is 13.9. The van der Waals surface area contributed by atoms with Crippen LogP contribution in [0.3, 0.4) is 0 Å². The van der Waals surface area contributed by atoms with E-state index in [-0.39, 0.29) is 11.8 Å². The molecule has 2 heterocycles. The third-order valence-corrected chi connectivity index (χ3v) is 7.48. The van der Waals surface area contributed by atoms with Crippen molar-refractivity contribution in [1.82, 2.24) is 10.2 Å². The van der Waals surface area contributed by atoms with Gasteiger partial charge in [0, 0.05) is 17.8 Å². The Labute approximate surface area is 188 Å². The van der Waals surface area contributed by atoms with Crippen LogP contribution in [0.4, 0.5) is 0 Å². The molecule has 1 N–H and O–H groups in total. The summed E-state index contributed by atoms with van der Waals surface area (Å²) in [5.41, 5.74) is 1.22. The minimum atomic E-state index is -0.899. The molecule has 2 amide bonds. The second-order valence-corrected chi connectivity index (χ2v) is 10.0. The van der Waals surface area contributed by atoms with Gasteiger partial charge in [-0.05, 0) is 54.7 Å². The summed E-state index contributed by atoms with van der Waals surface area (Å²) in [6.07, 6.45) is 2.24. The van der Waals surface area contributed by atoms with Gasteiger partial charge in [0.1, 0.15) is 5.54 Å². The highest BCUT2D eigenvalue weighted by atomic mass is 32.1. The number of aryl methyl sites for hydroxylation is 1. The van der Waals surface area contributed by atoms with E-state index >= 15 is 0 Å². The first-order chi connectivity index (χ1) is 14.9. The number of fused-ring (bicyclic) bond motifs is 3. The van der Waals surface area contributed by atoms with E-state index in [1.807, 2.05) is 49.4 Å². The minimum Gasteiger partial charge on any atom is -0.354 e. The number of benzene rings is 2. The first-order valence-corrected chi connectivity index (χ1v) is 11.9. The molecule has 4 rings (SSSR count). The van der Waals surface area contributed by atoms with Crippen LogP contribution in [0.5, 0.6) is 0 Å². The number of hydrogen-bond acceptors (Lipinski definition) is 3. The molecule has 0 saturated heterocycles. The summed E-state index contributed by atoms with van der Waals surface area (Å²) >= 11 is 1.55. The Balaban J connectivity index is 1.72. The predicted molar refractivity (Wildman–Crippen MR) is 127 cm³/mol. The first-order valence-electron chi connectivity index (χ1n) is 11.0. The summed E-state index contributed by atoms with van der Waals surface area (Å²) < 4.78 is 1.13. The average Bonchev–Trinajstić information content (AvgIpc) is 3.10. The number of carbonyl (C=O) groups excluding carboxylic acids is 2. The zero-order valence-corrected chi connectivity index (χ0v) is 19.3. The molecule has 31 heavy (non-hydrogen) atoms. The average molecular weight is 435 g/mol. The van der Waals surface area contributed by atoms with Gasteiger partial charge in [0.15, 0.2) is 0 Å². The first kappa shape index (κ1) is 21.6. The van der Waals surface area contributed by atoms with Crippen LogP contribution >= 0.6 is 11.3 Å². The van der Waals surface area contributed by atoms with Crippen molar-refractivity contribution >= 4 is 33.2 Å². The Kier molecular flexibility index (Phi) is 6.15. The third-order valence-electron chi connectivity index (χ3n) is 6.28. The number of amides is 2. The van der Waals surface area contributed by atoms with Crippen molar-refractivity contribution in [3.05, 3.63) is 70.6 Å². The van der Waals surface area contributed by atoms with Gasteiger partial charge < -0.3 is 10.2 Å². The van der Waals surface area contributed by atoms with E-state index in [4.69, 9.17) is 0 Å². The second-order valence-electron chi connectivity index (χ2n) is 9.00. The number of nitrogens with one attached hydrogen (secondary N) is 1. The van der Waals surface area contributed by atoms with Crippen LogP contribution in [0.15, 0.2) is 54.6 Å². The van der Waals surface area contributed by atoms with Gasteiger partial charge in [-0.1, -0.05) is 62.4 Å². The number of hydrogen-bond donors (Lipinski definition) is 1. The third kappa shape index (κ3) is 4.24. The smallest absolute Gasteiger partial charge is 0.265 e. The fourth-order valence-electron chi connectivity index (χ4n) is 4.28. The fraction of sp³-hybridized carbons (Fsp3) is 0.385. The monoisotopic (exact) mass is 434 g/mol. The molecule has 0 bridgehead atoms. The van der Waals surface area contributed by atoms with E-state index in [0.29, 0.717) is 31.8 Å². The summed E-state index contributed by atoms with van der Waals surface area (Å²) in [6.45, 7) is 7.27. The van der Waals surface area contributed by atoms with E-state index in [1.54, 1.807) is 16.2 Å². The maximum atomic E-state index is 13.9. The van der Waals surface area contributed by atoms with Crippen molar-refractivity contribution in [3.8, 4) is 0 Å². The van der Waals surface area contributed by atoms with E-state index in [1.165, 1.54) is 0 Å². The van der Waals surface area contributed by atoms with Crippen molar-refractivity contribution < 1.29 is 9.59 Å². The van der Waals surface area contributed by atoms with Crippen LogP contribution < -0.4 is 5.32 Å². The Morgan fingerprint density at radius 1 is 1.13 bits per heavy atom. The SMILES string of the molecule is CC(C)CCNC(=O)C1(C)CCc2c(sc3ccccc23)C(=O)N1Cc1ccccc1. The highest BCUT2D eigenvalue weighted by Gasteiger charge is 2.45. The zero-order valence-electron chi connectivity index (χ0n) is 18.5. The summed E-state index contributed by atoms with van der Waals surface area (Å²) in [7, 11) is 0. The van der Waals surface area contributed by atoms with E-state index < -0.39 is 5.54 Å². The van der Waals surface area contributed by atoms with Gasteiger partial charge >= 0.3 is 0 Å². The molecule has 162 valence electrons. The zero-order chi connectivity index (χ0) is 22.0. The Morgan fingerprint density at radius 3 is 2.58 bits per heavy atom. The standard InChI is InChI=1S/C26H30N2O2S/c1-18(2)14-16-27-25(30)26(3)15-13-21-20-11-7-8-12-22(20)31-23(21)24(29)28(26)17-19-9-5-4-6-10-19/h4-12,18H,13-17H2,1-3H3,(H,27,30).